The van der Waals surface area contributed by atoms with E-state index in [2.05, 4.69) is 34.4 Å². The normalized spacial score (nSPS) is 25.3. The van der Waals surface area contributed by atoms with Gasteiger partial charge in [0.1, 0.15) is 23.5 Å². The molecule has 3 amide bonds. The number of amides is 3. The number of hydrogen-bond donors (Lipinski definition) is 2. The van der Waals surface area contributed by atoms with E-state index in [1.165, 1.54) is 4.90 Å². The van der Waals surface area contributed by atoms with Gasteiger partial charge in [-0.3, -0.25) is 19.2 Å². The molecule has 1 spiro atoms. The number of nitrogens with one attached hydrogen (secondary N) is 1. The van der Waals surface area contributed by atoms with Gasteiger partial charge in [-0.1, -0.05) is 88.7 Å². The topological polar surface area (TPSA) is 135 Å². The van der Waals surface area contributed by atoms with Crippen LogP contribution in [0.25, 0.3) is 0 Å². The molecule has 3 aliphatic rings. The lowest BCUT2D eigenvalue weighted by atomic mass is 9.70. The van der Waals surface area contributed by atoms with Crippen LogP contribution in [-0.4, -0.2) is 88.6 Å². The Hall–Kier alpha value is -4.78. The third-order valence-corrected chi connectivity index (χ3v) is 11.7. The van der Waals surface area contributed by atoms with Gasteiger partial charge in [0, 0.05) is 23.5 Å². The van der Waals surface area contributed by atoms with Gasteiger partial charge >= 0.3 is 5.97 Å². The number of alkyl halides is 1. The quantitative estimate of drug-likeness (QED) is 0.106. The predicted molar refractivity (Wildman–Crippen MR) is 211 cm³/mol. The molecule has 6 rings (SSSR count). The molecule has 55 heavy (non-hydrogen) atoms. The number of allylic oxidation sites excluding steroid dienone is 1. The van der Waals surface area contributed by atoms with E-state index >= 15 is 9.59 Å². The zero-order valence-electron chi connectivity index (χ0n) is 31.1. The molecule has 2 bridgehead atoms. The third-order valence-electron chi connectivity index (χ3n) is 10.9. The minimum Gasteiger partial charge on any atom is -0.497 e. The second-order valence-electron chi connectivity index (χ2n) is 14.3. The minimum atomic E-state index is -1.43. The van der Waals surface area contributed by atoms with E-state index in [4.69, 9.17) is 14.2 Å². The van der Waals surface area contributed by atoms with Crippen LogP contribution in [0.4, 0.5) is 5.69 Å². The number of anilines is 1. The summed E-state index contributed by atoms with van der Waals surface area (Å²) in [6, 6.07) is 22.9. The summed E-state index contributed by atoms with van der Waals surface area (Å²) in [5.74, 6) is -3.37. The maximum atomic E-state index is 15.2. The number of aliphatic hydroxyl groups is 1. The first-order valence-corrected chi connectivity index (χ1v) is 19.5. The molecule has 0 radical (unpaired) electrons. The number of likely N-dealkylation sites (tertiary alicyclic amines) is 1. The van der Waals surface area contributed by atoms with E-state index in [-0.39, 0.29) is 31.7 Å². The van der Waals surface area contributed by atoms with Gasteiger partial charge in [-0.15, -0.1) is 13.2 Å². The smallest absolute Gasteiger partial charge is 0.313 e. The maximum Gasteiger partial charge on any atom is 0.313 e. The Balaban J connectivity index is 1.40. The van der Waals surface area contributed by atoms with Crippen LogP contribution in [-0.2, 0) is 35.1 Å². The summed E-state index contributed by atoms with van der Waals surface area (Å²) in [5.41, 5.74) is 0.647. The Morgan fingerprint density at radius 2 is 1.73 bits per heavy atom. The van der Waals surface area contributed by atoms with Crippen LogP contribution in [0.3, 0.4) is 0 Å². The zero-order valence-corrected chi connectivity index (χ0v) is 32.7. The van der Waals surface area contributed by atoms with Crippen molar-refractivity contribution < 1.29 is 38.5 Å². The molecule has 11 nitrogen and oxygen atoms in total. The molecule has 3 fully saturated rings. The highest BCUT2D eigenvalue weighted by Gasteiger charge is 2.77. The standard InChI is InChI=1S/C43H48BrN3O8/c1-5-7-18-34(49)45-27(3)37(29-16-12-9-13-17-29)54-42(52)35-36-40(50)47(31(26-48)24-28-14-10-8-11-15-28)39(43(36)25-33(44)38(35)55-43)41(51)46(23-6-2)30-19-21-32(53-4)22-20-30/h5-6,8-17,19-22,27,31,33,35-39,48H,1-2,7,18,23-26H2,3-4H3,(H,45,49)/t27-,31+,33?,35+,36-,37-,38+,39+,43-/m0/s1. The summed E-state index contributed by atoms with van der Waals surface area (Å²) < 4.78 is 18.5. The number of fused-ring (bicyclic) bond motifs is 1. The third kappa shape index (κ3) is 7.85. The van der Waals surface area contributed by atoms with Gasteiger partial charge in [0.2, 0.25) is 11.8 Å². The SMILES string of the molecule is C=CCCC(=O)N[C@@H](C)[C@H](OC(=O)[C@H]1[C@@H]2O[C@@]3(CC2Br)[C@@H]1C(=O)N([C@@H](CO)Cc1ccccc1)[C@@H]3C(=O)N(CC=C)c1ccc(OC)cc1)c1ccccc1. The van der Waals surface area contributed by atoms with Crippen molar-refractivity contribution in [2.24, 2.45) is 11.8 Å². The Kier molecular flexibility index (Phi) is 12.6. The van der Waals surface area contributed by atoms with Crippen molar-refractivity contribution in [1.82, 2.24) is 10.2 Å². The molecule has 3 saturated heterocycles. The number of carbonyl (C=O) groups is 4. The average Bonchev–Trinajstić information content (AvgIpc) is 3.80. The number of rotatable bonds is 17. The molecule has 2 N–H and O–H groups in total. The van der Waals surface area contributed by atoms with E-state index < -0.39 is 77.0 Å². The first-order valence-electron chi connectivity index (χ1n) is 18.6. The highest BCUT2D eigenvalue weighted by atomic mass is 79.9. The van der Waals surface area contributed by atoms with Crippen molar-refractivity contribution in [3.8, 4) is 5.75 Å². The Morgan fingerprint density at radius 1 is 1.05 bits per heavy atom. The number of carbonyl (C=O) groups excluding carboxylic acids is 4. The molecule has 0 aliphatic carbocycles. The molecule has 3 aromatic rings. The zero-order chi connectivity index (χ0) is 39.3. The largest absolute Gasteiger partial charge is 0.497 e. The van der Waals surface area contributed by atoms with Crippen molar-refractivity contribution in [2.45, 2.75) is 73.4 Å². The van der Waals surface area contributed by atoms with E-state index in [1.54, 1.807) is 55.4 Å². The molecule has 1 unspecified atom stereocenters. The van der Waals surface area contributed by atoms with Crippen LogP contribution in [0.15, 0.2) is 110 Å². The van der Waals surface area contributed by atoms with Gasteiger partial charge in [0.25, 0.3) is 5.91 Å². The highest BCUT2D eigenvalue weighted by molar-refractivity contribution is 9.09. The van der Waals surface area contributed by atoms with Crippen molar-refractivity contribution in [3.05, 3.63) is 121 Å². The molecule has 9 atom stereocenters. The lowest BCUT2D eigenvalue weighted by Gasteiger charge is -2.39. The van der Waals surface area contributed by atoms with Crippen molar-refractivity contribution in [3.63, 3.8) is 0 Å². The monoisotopic (exact) mass is 813 g/mol. The van der Waals surface area contributed by atoms with Gasteiger partial charge in [-0.2, -0.15) is 0 Å². The van der Waals surface area contributed by atoms with E-state index in [9.17, 15) is 14.7 Å². The first kappa shape index (κ1) is 39.9. The Labute approximate surface area is 330 Å². The Morgan fingerprint density at radius 3 is 2.35 bits per heavy atom. The van der Waals surface area contributed by atoms with Gasteiger partial charge in [-0.25, -0.2) is 0 Å². The van der Waals surface area contributed by atoms with E-state index in [1.807, 2.05) is 60.7 Å². The van der Waals surface area contributed by atoms with Gasteiger partial charge < -0.3 is 34.4 Å². The molecular weight excluding hydrogens is 766 g/mol. The summed E-state index contributed by atoms with van der Waals surface area (Å²) in [6.07, 6.45) is 2.83. The molecule has 3 aliphatic heterocycles. The molecule has 0 aromatic heterocycles. The average molecular weight is 815 g/mol. The number of esters is 1. The molecule has 12 heteroatoms. The lowest BCUT2D eigenvalue weighted by Crippen LogP contribution is -2.59. The van der Waals surface area contributed by atoms with Crippen LogP contribution in [0.1, 0.15) is 43.4 Å². The summed E-state index contributed by atoms with van der Waals surface area (Å²) in [6.45, 7) is 9.04. The minimum absolute atomic E-state index is 0.120. The number of benzene rings is 3. The summed E-state index contributed by atoms with van der Waals surface area (Å²) in [4.78, 5) is 60.3. The van der Waals surface area contributed by atoms with E-state index in [0.29, 0.717) is 23.4 Å². The fourth-order valence-corrected chi connectivity index (χ4v) is 9.39. The second kappa shape index (κ2) is 17.3. The summed E-state index contributed by atoms with van der Waals surface area (Å²) in [7, 11) is 1.56. The van der Waals surface area contributed by atoms with E-state index in [0.717, 1.165) is 5.56 Å². The number of nitrogens with zero attached hydrogens (tertiary/aromatic N) is 2. The fourth-order valence-electron chi connectivity index (χ4n) is 8.45. The summed E-state index contributed by atoms with van der Waals surface area (Å²) >= 11 is 3.75. The number of hydrogen-bond acceptors (Lipinski definition) is 8. The Bertz CT molecular complexity index is 1860. The van der Waals surface area contributed by atoms with Crippen LogP contribution in [0, 0.1) is 11.8 Å². The van der Waals surface area contributed by atoms with Crippen molar-refractivity contribution in [2.75, 3.05) is 25.2 Å². The summed E-state index contributed by atoms with van der Waals surface area (Å²) in [5, 5.41) is 13.9. The lowest BCUT2D eigenvalue weighted by molar-refractivity contribution is -0.162. The number of methoxy groups -OCH3 is 1. The number of halogens is 1. The van der Waals surface area contributed by atoms with Gasteiger partial charge in [0.15, 0.2) is 0 Å². The van der Waals surface area contributed by atoms with Gasteiger partial charge in [0.05, 0.1) is 43.7 Å². The van der Waals surface area contributed by atoms with Crippen LogP contribution in [0.2, 0.25) is 0 Å². The van der Waals surface area contributed by atoms with Crippen LogP contribution < -0.4 is 15.0 Å². The molecule has 3 heterocycles. The second-order valence-corrected chi connectivity index (χ2v) is 15.5. The highest BCUT2D eigenvalue weighted by Crippen LogP contribution is 2.61. The molecular formula is C43H48BrN3O8. The molecule has 3 aromatic carbocycles. The predicted octanol–water partition coefficient (Wildman–Crippen LogP) is 5.32. The number of aliphatic hydroxyl groups excluding tert-OH is 1. The number of ether oxygens (including phenoxy) is 3. The molecule has 0 saturated carbocycles. The maximum absolute atomic E-state index is 15.2. The molecule has 290 valence electrons. The van der Waals surface area contributed by atoms with Crippen molar-refractivity contribution in [1.29, 1.82) is 0 Å². The van der Waals surface area contributed by atoms with Gasteiger partial charge in [-0.05, 0) is 61.6 Å². The van der Waals surface area contributed by atoms with Crippen LogP contribution >= 0.6 is 15.9 Å². The fraction of sp³-hybridized carbons (Fsp3) is 0.395. The van der Waals surface area contributed by atoms with Crippen LogP contribution in [0.5, 0.6) is 5.75 Å². The van der Waals surface area contributed by atoms with Crippen molar-refractivity contribution >= 4 is 45.3 Å². The first-order chi connectivity index (χ1) is 26.6.